The van der Waals surface area contributed by atoms with Gasteiger partial charge in [0.2, 0.25) is 0 Å². The van der Waals surface area contributed by atoms with Gasteiger partial charge >= 0.3 is 12.0 Å². The lowest BCUT2D eigenvalue weighted by molar-refractivity contribution is -0.143. The van der Waals surface area contributed by atoms with Crippen molar-refractivity contribution >= 4 is 23.8 Å². The highest BCUT2D eigenvalue weighted by Gasteiger charge is 2.42. The van der Waals surface area contributed by atoms with Crippen molar-refractivity contribution in [1.82, 2.24) is 10.6 Å². The first-order valence-corrected chi connectivity index (χ1v) is 8.60. The Labute approximate surface area is 124 Å². The van der Waals surface area contributed by atoms with Gasteiger partial charge in [-0.15, -0.1) is 0 Å². The average molecular weight is 300 g/mol. The Bertz CT molecular complexity index is 351. The van der Waals surface area contributed by atoms with Crippen LogP contribution >= 0.6 is 11.8 Å². The van der Waals surface area contributed by atoms with Crippen LogP contribution in [0.3, 0.4) is 0 Å². The van der Waals surface area contributed by atoms with E-state index in [0.717, 1.165) is 37.9 Å². The molecule has 2 heterocycles. The smallest absolute Gasteiger partial charge is 0.315 e. The van der Waals surface area contributed by atoms with Crippen molar-refractivity contribution < 1.29 is 14.3 Å². The number of carbonyl (C=O) groups excluding carboxylic acids is 2. The number of amides is 2. The third kappa shape index (κ3) is 4.30. The summed E-state index contributed by atoms with van der Waals surface area (Å²) in [7, 11) is 0. The fourth-order valence-electron chi connectivity index (χ4n) is 2.66. The number of fused-ring (bicyclic) bond motifs is 1. The van der Waals surface area contributed by atoms with Gasteiger partial charge in [0.25, 0.3) is 0 Å². The number of urea groups is 1. The van der Waals surface area contributed by atoms with Crippen molar-refractivity contribution in [1.29, 1.82) is 0 Å². The Kier molecular flexibility index (Phi) is 6.01. The van der Waals surface area contributed by atoms with Crippen LogP contribution in [0.5, 0.6) is 0 Å². The first-order chi connectivity index (χ1) is 9.70. The van der Waals surface area contributed by atoms with Gasteiger partial charge in [0.15, 0.2) is 0 Å². The van der Waals surface area contributed by atoms with Crippen molar-refractivity contribution in [2.75, 3.05) is 12.4 Å². The minimum Gasteiger partial charge on any atom is -0.466 e. The summed E-state index contributed by atoms with van der Waals surface area (Å²) in [6.45, 7) is 2.63. The summed E-state index contributed by atoms with van der Waals surface area (Å²) in [5.74, 6) is 0.916. The van der Waals surface area contributed by atoms with Crippen LogP contribution < -0.4 is 10.6 Å². The number of thioether (sulfide) groups is 1. The number of unbranched alkanes of at least 4 members (excludes halogenated alkanes) is 2. The van der Waals surface area contributed by atoms with Gasteiger partial charge in [-0.3, -0.25) is 4.79 Å². The van der Waals surface area contributed by atoms with Crippen molar-refractivity contribution in [2.45, 2.75) is 62.8 Å². The Morgan fingerprint density at radius 2 is 2.20 bits per heavy atom. The topological polar surface area (TPSA) is 67.4 Å². The van der Waals surface area contributed by atoms with Crippen LogP contribution in [0.1, 0.15) is 45.4 Å². The van der Waals surface area contributed by atoms with Crippen molar-refractivity contribution in [3.05, 3.63) is 0 Å². The van der Waals surface area contributed by atoms with Crippen molar-refractivity contribution in [3.63, 3.8) is 0 Å². The maximum absolute atomic E-state index is 11.4. The first kappa shape index (κ1) is 15.5. The molecule has 0 aromatic heterocycles. The monoisotopic (exact) mass is 300 g/mol. The van der Waals surface area contributed by atoms with E-state index >= 15 is 0 Å². The van der Waals surface area contributed by atoms with Crippen LogP contribution in [0.4, 0.5) is 4.79 Å². The summed E-state index contributed by atoms with van der Waals surface area (Å²) < 4.78 is 5.13. The zero-order valence-electron chi connectivity index (χ0n) is 12.0. The van der Waals surface area contributed by atoms with Crippen LogP contribution in [0.15, 0.2) is 0 Å². The zero-order valence-corrected chi connectivity index (χ0v) is 12.8. The highest BCUT2D eigenvalue weighted by molar-refractivity contribution is 8.00. The molecule has 20 heavy (non-hydrogen) atoms. The Balaban J connectivity index is 1.55. The van der Waals surface area contributed by atoms with Gasteiger partial charge < -0.3 is 15.4 Å². The molecular formula is C14H24N2O3S. The maximum Gasteiger partial charge on any atom is 0.315 e. The number of carbonyl (C=O) groups is 2. The molecule has 5 nitrogen and oxygen atoms in total. The van der Waals surface area contributed by atoms with Crippen molar-refractivity contribution in [2.24, 2.45) is 0 Å². The third-order valence-corrected chi connectivity index (χ3v) is 5.33. The molecule has 2 N–H and O–H groups in total. The molecule has 6 heteroatoms. The normalized spacial score (nSPS) is 27.9. The second kappa shape index (κ2) is 7.76. The zero-order chi connectivity index (χ0) is 14.4. The molecule has 2 aliphatic rings. The summed E-state index contributed by atoms with van der Waals surface area (Å²) >= 11 is 1.92. The molecule has 0 saturated carbocycles. The van der Waals surface area contributed by atoms with E-state index in [2.05, 4.69) is 17.6 Å². The molecular weight excluding hydrogens is 276 g/mol. The molecule has 0 aromatic carbocycles. The lowest BCUT2D eigenvalue weighted by Crippen LogP contribution is -2.36. The van der Waals surface area contributed by atoms with Crippen LogP contribution in [0, 0.1) is 0 Å². The van der Waals surface area contributed by atoms with E-state index in [0.29, 0.717) is 18.3 Å². The van der Waals surface area contributed by atoms with Crippen LogP contribution in [0.2, 0.25) is 0 Å². The number of ether oxygens (including phenoxy) is 1. The predicted molar refractivity (Wildman–Crippen MR) is 79.8 cm³/mol. The fraction of sp³-hybridized carbons (Fsp3) is 0.857. The summed E-state index contributed by atoms with van der Waals surface area (Å²) in [5.41, 5.74) is 0. The van der Waals surface area contributed by atoms with E-state index < -0.39 is 0 Å². The quantitative estimate of drug-likeness (QED) is 0.409. The highest BCUT2D eigenvalue weighted by Crippen LogP contribution is 2.33. The number of hydrogen-bond acceptors (Lipinski definition) is 4. The van der Waals surface area contributed by atoms with Gasteiger partial charge in [0.05, 0.1) is 18.7 Å². The van der Waals surface area contributed by atoms with Crippen LogP contribution in [-0.2, 0) is 9.53 Å². The number of esters is 1. The predicted octanol–water partition coefficient (Wildman–Crippen LogP) is 2.06. The second-order valence-electron chi connectivity index (χ2n) is 5.44. The van der Waals surface area contributed by atoms with E-state index in [1.807, 2.05) is 11.8 Å². The van der Waals surface area contributed by atoms with E-state index in [9.17, 15) is 9.59 Å². The molecule has 114 valence electrons. The van der Waals surface area contributed by atoms with E-state index in [4.69, 9.17) is 4.74 Å². The molecule has 0 unspecified atom stereocenters. The molecule has 0 aromatic rings. The molecule has 2 rings (SSSR count). The summed E-state index contributed by atoms with van der Waals surface area (Å²) in [6, 6.07) is 0.519. The van der Waals surface area contributed by atoms with Crippen molar-refractivity contribution in [3.8, 4) is 0 Å². The van der Waals surface area contributed by atoms with Gasteiger partial charge in [-0.1, -0.05) is 19.8 Å². The SMILES string of the molecule is CCCCOC(=O)CCCC[C@H]1SC[C@H]2NC(=O)N[C@H]21. The Morgan fingerprint density at radius 1 is 1.35 bits per heavy atom. The summed E-state index contributed by atoms with van der Waals surface area (Å²) in [4.78, 5) is 22.7. The second-order valence-corrected chi connectivity index (χ2v) is 6.71. The molecule has 2 fully saturated rings. The minimum absolute atomic E-state index is 0.0372. The van der Waals surface area contributed by atoms with Crippen LogP contribution in [-0.4, -0.2) is 41.7 Å². The molecule has 0 aliphatic carbocycles. The van der Waals surface area contributed by atoms with E-state index in [1.54, 1.807) is 0 Å². The van der Waals surface area contributed by atoms with Gasteiger partial charge in [-0.05, 0) is 19.3 Å². The lowest BCUT2D eigenvalue weighted by Gasteiger charge is -2.16. The lowest BCUT2D eigenvalue weighted by atomic mass is 10.0. The molecule has 2 aliphatic heterocycles. The molecule has 2 amide bonds. The molecule has 0 radical (unpaired) electrons. The van der Waals surface area contributed by atoms with Gasteiger partial charge in [0, 0.05) is 17.4 Å². The standard InChI is InChI=1S/C14H24N2O3S/c1-2-3-8-19-12(17)7-5-4-6-11-13-10(9-20-11)15-14(18)16-13/h10-11,13H,2-9H2,1H3,(H2,15,16,18)/t10-,11-,13-/m1/s1. The highest BCUT2D eigenvalue weighted by atomic mass is 32.2. The number of rotatable bonds is 8. The molecule has 0 spiro atoms. The third-order valence-electron chi connectivity index (χ3n) is 3.82. The number of nitrogens with one attached hydrogen (secondary N) is 2. The molecule has 0 bridgehead atoms. The Morgan fingerprint density at radius 3 is 3.00 bits per heavy atom. The van der Waals surface area contributed by atoms with Gasteiger partial charge in [-0.25, -0.2) is 4.79 Å². The van der Waals surface area contributed by atoms with Gasteiger partial charge in [0.1, 0.15) is 0 Å². The van der Waals surface area contributed by atoms with Crippen LogP contribution in [0.25, 0.3) is 0 Å². The van der Waals surface area contributed by atoms with E-state index in [-0.39, 0.29) is 24.1 Å². The first-order valence-electron chi connectivity index (χ1n) is 7.55. The molecule has 3 atom stereocenters. The minimum atomic E-state index is -0.0776. The average Bonchev–Trinajstić information content (AvgIpc) is 2.95. The summed E-state index contributed by atoms with van der Waals surface area (Å²) in [6.07, 6.45) is 5.45. The fourth-order valence-corrected chi connectivity index (χ4v) is 4.20. The largest absolute Gasteiger partial charge is 0.466 e. The van der Waals surface area contributed by atoms with Gasteiger partial charge in [-0.2, -0.15) is 11.8 Å². The van der Waals surface area contributed by atoms with E-state index in [1.165, 1.54) is 0 Å². The number of hydrogen-bond donors (Lipinski definition) is 2. The molecule has 2 saturated heterocycles. The Hall–Kier alpha value is -0.910. The summed E-state index contributed by atoms with van der Waals surface area (Å²) in [5, 5.41) is 6.41. The maximum atomic E-state index is 11.4.